The molecule has 4 heteroatoms. The average Bonchev–Trinajstić information content (AvgIpc) is 2.42. The Morgan fingerprint density at radius 1 is 1.33 bits per heavy atom. The summed E-state index contributed by atoms with van der Waals surface area (Å²) in [6, 6.07) is 7.64. The lowest BCUT2D eigenvalue weighted by atomic mass is 10.3. The summed E-state index contributed by atoms with van der Waals surface area (Å²) in [5, 5.41) is 2.77. The zero-order valence-electron chi connectivity index (χ0n) is 10.3. The highest BCUT2D eigenvalue weighted by atomic mass is 16.1. The van der Waals surface area contributed by atoms with Crippen molar-refractivity contribution in [1.82, 2.24) is 15.3 Å². The maximum absolute atomic E-state index is 11.4. The third kappa shape index (κ3) is 3.13. The van der Waals surface area contributed by atoms with Crippen molar-refractivity contribution in [3.05, 3.63) is 42.2 Å². The molecule has 0 radical (unpaired) electrons. The van der Waals surface area contributed by atoms with Gasteiger partial charge in [0.25, 0.3) is 0 Å². The van der Waals surface area contributed by atoms with E-state index >= 15 is 0 Å². The van der Waals surface area contributed by atoms with Crippen molar-refractivity contribution >= 4 is 23.0 Å². The van der Waals surface area contributed by atoms with Gasteiger partial charge in [-0.1, -0.05) is 19.1 Å². The fraction of sp³-hybridized carbons (Fsp3) is 0.214. The number of carbonyl (C=O) groups is 1. The van der Waals surface area contributed by atoms with Crippen LogP contribution in [0.3, 0.4) is 0 Å². The first-order chi connectivity index (χ1) is 8.79. The Hall–Kier alpha value is -2.23. The van der Waals surface area contributed by atoms with E-state index in [0.717, 1.165) is 17.5 Å². The summed E-state index contributed by atoms with van der Waals surface area (Å²) < 4.78 is 0. The van der Waals surface area contributed by atoms with Crippen molar-refractivity contribution in [2.45, 2.75) is 13.3 Å². The van der Waals surface area contributed by atoms with Crippen LogP contribution in [0, 0.1) is 0 Å². The van der Waals surface area contributed by atoms with Crippen LogP contribution in [-0.4, -0.2) is 22.4 Å². The second-order valence-electron chi connectivity index (χ2n) is 3.91. The number of rotatable bonds is 4. The zero-order valence-corrected chi connectivity index (χ0v) is 10.3. The Bertz CT molecular complexity index is 578. The van der Waals surface area contributed by atoms with Gasteiger partial charge in [-0.05, 0) is 24.6 Å². The minimum absolute atomic E-state index is 0.105. The standard InChI is InChI=1S/C14H15N3O/c1-2-9-15-14(18)8-7-11-10-16-12-5-3-4-6-13(12)17-11/h3-8,10H,2,9H2,1H3,(H,15,18)/b8-7+. The smallest absolute Gasteiger partial charge is 0.244 e. The van der Waals surface area contributed by atoms with Gasteiger partial charge in [0, 0.05) is 12.6 Å². The number of aromatic nitrogens is 2. The van der Waals surface area contributed by atoms with E-state index in [1.165, 1.54) is 6.08 Å². The van der Waals surface area contributed by atoms with E-state index in [4.69, 9.17) is 0 Å². The molecule has 0 unspecified atom stereocenters. The van der Waals surface area contributed by atoms with Crippen molar-refractivity contribution in [3.8, 4) is 0 Å². The van der Waals surface area contributed by atoms with E-state index in [2.05, 4.69) is 15.3 Å². The number of benzene rings is 1. The van der Waals surface area contributed by atoms with E-state index in [0.29, 0.717) is 12.2 Å². The van der Waals surface area contributed by atoms with E-state index < -0.39 is 0 Å². The predicted octanol–water partition coefficient (Wildman–Crippen LogP) is 2.17. The van der Waals surface area contributed by atoms with Gasteiger partial charge in [-0.3, -0.25) is 9.78 Å². The molecule has 0 atom stereocenters. The van der Waals surface area contributed by atoms with Crippen LogP contribution in [0.5, 0.6) is 0 Å². The molecule has 0 spiro atoms. The van der Waals surface area contributed by atoms with Gasteiger partial charge in [-0.2, -0.15) is 0 Å². The molecule has 1 aromatic carbocycles. The number of hydrogen-bond acceptors (Lipinski definition) is 3. The molecule has 1 amide bonds. The summed E-state index contributed by atoms with van der Waals surface area (Å²) >= 11 is 0. The van der Waals surface area contributed by atoms with Gasteiger partial charge >= 0.3 is 0 Å². The van der Waals surface area contributed by atoms with Crippen LogP contribution in [0.15, 0.2) is 36.5 Å². The van der Waals surface area contributed by atoms with E-state index in [9.17, 15) is 4.79 Å². The largest absolute Gasteiger partial charge is 0.353 e. The minimum atomic E-state index is -0.105. The third-order valence-electron chi connectivity index (χ3n) is 2.42. The molecule has 1 heterocycles. The molecule has 2 aromatic rings. The molecule has 0 aliphatic heterocycles. The zero-order chi connectivity index (χ0) is 12.8. The lowest BCUT2D eigenvalue weighted by Gasteiger charge is -1.99. The number of para-hydroxylation sites is 2. The van der Waals surface area contributed by atoms with Crippen molar-refractivity contribution in [1.29, 1.82) is 0 Å². The number of amides is 1. The highest BCUT2D eigenvalue weighted by molar-refractivity contribution is 5.91. The summed E-state index contributed by atoms with van der Waals surface area (Å²) in [4.78, 5) is 20.1. The van der Waals surface area contributed by atoms with Crippen molar-refractivity contribution < 1.29 is 4.79 Å². The van der Waals surface area contributed by atoms with Gasteiger partial charge in [0.2, 0.25) is 5.91 Å². The molecule has 0 aliphatic rings. The van der Waals surface area contributed by atoms with Crippen LogP contribution < -0.4 is 5.32 Å². The van der Waals surface area contributed by atoms with Gasteiger partial charge in [0.1, 0.15) is 0 Å². The predicted molar refractivity (Wildman–Crippen MR) is 71.9 cm³/mol. The second kappa shape index (κ2) is 5.91. The van der Waals surface area contributed by atoms with Crippen molar-refractivity contribution in [2.24, 2.45) is 0 Å². The van der Waals surface area contributed by atoms with Crippen molar-refractivity contribution in [3.63, 3.8) is 0 Å². The highest BCUT2D eigenvalue weighted by Gasteiger charge is 1.97. The molecule has 1 N–H and O–H groups in total. The Kier molecular flexibility index (Phi) is 4.02. The minimum Gasteiger partial charge on any atom is -0.353 e. The summed E-state index contributed by atoms with van der Waals surface area (Å²) in [7, 11) is 0. The Morgan fingerprint density at radius 3 is 2.89 bits per heavy atom. The SMILES string of the molecule is CCCNC(=O)/C=C/c1cnc2ccccc2n1. The number of nitrogens with one attached hydrogen (secondary N) is 1. The molecule has 2 rings (SSSR count). The van der Waals surface area contributed by atoms with E-state index in [1.54, 1.807) is 12.3 Å². The Morgan fingerprint density at radius 2 is 2.11 bits per heavy atom. The molecule has 0 aliphatic carbocycles. The molecule has 0 bridgehead atoms. The first-order valence-corrected chi connectivity index (χ1v) is 5.97. The van der Waals surface area contributed by atoms with Crippen molar-refractivity contribution in [2.75, 3.05) is 6.54 Å². The summed E-state index contributed by atoms with van der Waals surface area (Å²) in [6.45, 7) is 2.70. The lowest BCUT2D eigenvalue weighted by Crippen LogP contribution is -2.21. The summed E-state index contributed by atoms with van der Waals surface area (Å²) in [5.41, 5.74) is 2.36. The third-order valence-corrected chi connectivity index (χ3v) is 2.42. The van der Waals surface area contributed by atoms with Gasteiger partial charge in [0.05, 0.1) is 22.9 Å². The monoisotopic (exact) mass is 241 g/mol. The van der Waals surface area contributed by atoms with Gasteiger partial charge in [-0.15, -0.1) is 0 Å². The molecule has 18 heavy (non-hydrogen) atoms. The topological polar surface area (TPSA) is 54.9 Å². The molecular formula is C14H15N3O. The number of hydrogen-bond donors (Lipinski definition) is 1. The molecule has 4 nitrogen and oxygen atoms in total. The van der Waals surface area contributed by atoms with Crippen LogP contribution in [0.4, 0.5) is 0 Å². The molecule has 0 saturated carbocycles. The van der Waals surface area contributed by atoms with E-state index in [1.807, 2.05) is 31.2 Å². The van der Waals surface area contributed by atoms with Crippen LogP contribution in [0.2, 0.25) is 0 Å². The average molecular weight is 241 g/mol. The fourth-order valence-corrected chi connectivity index (χ4v) is 1.52. The maximum atomic E-state index is 11.4. The van der Waals surface area contributed by atoms with Crippen LogP contribution in [-0.2, 0) is 4.79 Å². The molecule has 0 saturated heterocycles. The first-order valence-electron chi connectivity index (χ1n) is 5.97. The van der Waals surface area contributed by atoms with Gasteiger partial charge in [-0.25, -0.2) is 4.98 Å². The summed E-state index contributed by atoms with van der Waals surface area (Å²) in [5.74, 6) is -0.105. The second-order valence-corrected chi connectivity index (χ2v) is 3.91. The van der Waals surface area contributed by atoms with Gasteiger partial charge < -0.3 is 5.32 Å². The number of fused-ring (bicyclic) bond motifs is 1. The summed E-state index contributed by atoms with van der Waals surface area (Å²) in [6.07, 6.45) is 5.74. The number of nitrogens with zero attached hydrogens (tertiary/aromatic N) is 2. The normalized spacial score (nSPS) is 10.9. The maximum Gasteiger partial charge on any atom is 0.244 e. The van der Waals surface area contributed by atoms with Crippen LogP contribution >= 0.6 is 0 Å². The molecule has 0 fully saturated rings. The number of carbonyl (C=O) groups excluding carboxylic acids is 1. The Labute approximate surface area is 106 Å². The Balaban J connectivity index is 2.12. The highest BCUT2D eigenvalue weighted by Crippen LogP contribution is 2.09. The quantitative estimate of drug-likeness (QED) is 0.835. The van der Waals surface area contributed by atoms with Gasteiger partial charge in [0.15, 0.2) is 0 Å². The fourth-order valence-electron chi connectivity index (χ4n) is 1.52. The van der Waals surface area contributed by atoms with E-state index in [-0.39, 0.29) is 5.91 Å². The molecule has 1 aromatic heterocycles. The molecular weight excluding hydrogens is 226 g/mol. The molecule has 92 valence electrons. The van der Waals surface area contributed by atoms with Crippen LogP contribution in [0.25, 0.3) is 17.1 Å². The lowest BCUT2D eigenvalue weighted by molar-refractivity contribution is -0.116. The first kappa shape index (κ1) is 12.2. The van der Waals surface area contributed by atoms with Crippen LogP contribution in [0.1, 0.15) is 19.0 Å².